The fourth-order valence-electron chi connectivity index (χ4n) is 1.55. The average molecular weight is 413 g/mol. The molecule has 0 radical (unpaired) electrons. The lowest BCUT2D eigenvalue weighted by Crippen LogP contribution is -2.47. The molecule has 0 saturated heterocycles. The van der Waals surface area contributed by atoms with Crippen LogP contribution in [0.4, 0.5) is 8.78 Å². The Morgan fingerprint density at radius 1 is 1.33 bits per heavy atom. The van der Waals surface area contributed by atoms with E-state index in [1.807, 2.05) is 26.8 Å². The van der Waals surface area contributed by atoms with Crippen molar-refractivity contribution < 1.29 is 13.5 Å². The van der Waals surface area contributed by atoms with Gasteiger partial charge in [0, 0.05) is 19.1 Å². The summed E-state index contributed by atoms with van der Waals surface area (Å²) in [6.07, 6.45) is 0. The summed E-state index contributed by atoms with van der Waals surface area (Å²) in [7, 11) is 1.68. The van der Waals surface area contributed by atoms with Crippen LogP contribution < -0.4 is 15.4 Å². The van der Waals surface area contributed by atoms with Gasteiger partial charge in [-0.1, -0.05) is 12.1 Å². The Kier molecular flexibility index (Phi) is 8.53. The first-order valence-electron chi connectivity index (χ1n) is 6.33. The molecule has 0 fully saturated rings. The zero-order valence-electron chi connectivity index (χ0n) is 12.6. The van der Waals surface area contributed by atoms with Crippen molar-refractivity contribution in [2.75, 3.05) is 7.05 Å². The van der Waals surface area contributed by atoms with Crippen LogP contribution in [0.2, 0.25) is 0 Å². The maximum atomic E-state index is 12.1. The third-order valence-electron chi connectivity index (χ3n) is 2.30. The molecule has 0 spiro atoms. The van der Waals surface area contributed by atoms with Gasteiger partial charge in [0.1, 0.15) is 5.75 Å². The van der Waals surface area contributed by atoms with Gasteiger partial charge >= 0.3 is 6.61 Å². The van der Waals surface area contributed by atoms with Crippen LogP contribution in [-0.2, 0) is 6.54 Å². The lowest BCUT2D eigenvalue weighted by atomic mass is 10.1. The molecule has 1 rings (SSSR count). The topological polar surface area (TPSA) is 45.7 Å². The molecule has 1 aromatic carbocycles. The van der Waals surface area contributed by atoms with Crippen LogP contribution in [0.3, 0.4) is 0 Å². The van der Waals surface area contributed by atoms with Gasteiger partial charge in [-0.2, -0.15) is 8.78 Å². The fraction of sp³-hybridized carbons (Fsp3) is 0.500. The fourth-order valence-corrected chi connectivity index (χ4v) is 1.55. The summed E-state index contributed by atoms with van der Waals surface area (Å²) in [5.74, 6) is 0.802. The molecule has 0 aliphatic rings. The van der Waals surface area contributed by atoms with Crippen LogP contribution in [0.25, 0.3) is 0 Å². The maximum absolute atomic E-state index is 12.1. The molecule has 21 heavy (non-hydrogen) atoms. The monoisotopic (exact) mass is 413 g/mol. The molecule has 0 atom stereocenters. The smallest absolute Gasteiger partial charge is 0.387 e. The van der Waals surface area contributed by atoms with E-state index in [9.17, 15) is 8.78 Å². The first-order valence-corrected chi connectivity index (χ1v) is 6.33. The van der Waals surface area contributed by atoms with Gasteiger partial charge in [-0.25, -0.2) is 0 Å². The molecule has 0 aliphatic carbocycles. The van der Waals surface area contributed by atoms with E-state index in [4.69, 9.17) is 0 Å². The Morgan fingerprint density at radius 3 is 2.52 bits per heavy atom. The van der Waals surface area contributed by atoms with E-state index in [1.54, 1.807) is 19.2 Å². The Hall–Kier alpha value is -1.12. The summed E-state index contributed by atoms with van der Waals surface area (Å²) in [5, 5.41) is 6.33. The molecule has 0 heterocycles. The molecule has 0 saturated carbocycles. The highest BCUT2D eigenvalue weighted by Gasteiger charge is 2.11. The number of rotatable bonds is 4. The minimum absolute atomic E-state index is 0. The van der Waals surface area contributed by atoms with Crippen molar-refractivity contribution in [3.8, 4) is 5.75 Å². The number of guanidine groups is 1. The van der Waals surface area contributed by atoms with Crippen molar-refractivity contribution in [1.29, 1.82) is 0 Å². The minimum atomic E-state index is -2.81. The third kappa shape index (κ3) is 8.69. The molecule has 0 amide bonds. The highest BCUT2D eigenvalue weighted by Crippen LogP contribution is 2.15. The molecule has 2 N–H and O–H groups in total. The normalized spacial score (nSPS) is 11.9. The molecule has 0 unspecified atom stereocenters. The van der Waals surface area contributed by atoms with E-state index < -0.39 is 6.61 Å². The largest absolute Gasteiger partial charge is 0.435 e. The zero-order chi connectivity index (χ0) is 15.2. The number of nitrogens with zero attached hydrogens (tertiary/aromatic N) is 1. The van der Waals surface area contributed by atoms with Crippen molar-refractivity contribution in [2.24, 2.45) is 4.99 Å². The van der Waals surface area contributed by atoms with E-state index in [2.05, 4.69) is 20.4 Å². The summed E-state index contributed by atoms with van der Waals surface area (Å²) in [6, 6.07) is 6.58. The molecular formula is C14H22F2IN3O. The lowest BCUT2D eigenvalue weighted by molar-refractivity contribution is -0.0498. The number of aliphatic imine (C=N–C) groups is 1. The Labute approximate surface area is 141 Å². The van der Waals surface area contributed by atoms with Crippen molar-refractivity contribution in [3.05, 3.63) is 29.8 Å². The van der Waals surface area contributed by atoms with Crippen LogP contribution in [-0.4, -0.2) is 25.2 Å². The highest BCUT2D eigenvalue weighted by atomic mass is 127. The summed E-state index contributed by atoms with van der Waals surface area (Å²) in [4.78, 5) is 4.10. The molecule has 0 aliphatic heterocycles. The first-order chi connectivity index (χ1) is 9.30. The number of nitrogens with one attached hydrogen (secondary N) is 2. The van der Waals surface area contributed by atoms with E-state index in [0.29, 0.717) is 12.5 Å². The summed E-state index contributed by atoms with van der Waals surface area (Å²) >= 11 is 0. The van der Waals surface area contributed by atoms with Crippen molar-refractivity contribution in [2.45, 2.75) is 39.5 Å². The van der Waals surface area contributed by atoms with Crippen molar-refractivity contribution in [3.63, 3.8) is 0 Å². The highest BCUT2D eigenvalue weighted by molar-refractivity contribution is 14.0. The van der Waals surface area contributed by atoms with Gasteiger partial charge in [-0.15, -0.1) is 24.0 Å². The Bertz CT molecular complexity index is 462. The van der Waals surface area contributed by atoms with Gasteiger partial charge in [0.05, 0.1) is 0 Å². The molecule has 120 valence electrons. The molecule has 4 nitrogen and oxygen atoms in total. The standard InChI is InChI=1S/C14H21F2N3O.HI/c1-14(2,3)19-13(17-4)18-9-10-6-5-7-11(8-10)20-12(15)16;/h5-8,12H,9H2,1-4H3,(H2,17,18,19);1H. The van der Waals surface area contributed by atoms with Gasteiger partial charge in [-0.05, 0) is 38.5 Å². The number of benzene rings is 1. The van der Waals surface area contributed by atoms with Crippen LogP contribution in [0.5, 0.6) is 5.75 Å². The van der Waals surface area contributed by atoms with Crippen molar-refractivity contribution >= 4 is 29.9 Å². The molecule has 1 aromatic rings. The van der Waals surface area contributed by atoms with Gasteiger partial charge in [-0.3, -0.25) is 4.99 Å². The SMILES string of the molecule is CN=C(NCc1cccc(OC(F)F)c1)NC(C)(C)C.I. The number of alkyl halides is 2. The molecular weight excluding hydrogens is 391 g/mol. The lowest BCUT2D eigenvalue weighted by Gasteiger charge is -2.23. The van der Waals surface area contributed by atoms with E-state index in [0.717, 1.165) is 5.56 Å². The second-order valence-corrected chi connectivity index (χ2v) is 5.33. The van der Waals surface area contributed by atoms with Crippen LogP contribution in [0.15, 0.2) is 29.3 Å². The predicted molar refractivity (Wildman–Crippen MR) is 91.6 cm³/mol. The minimum Gasteiger partial charge on any atom is -0.435 e. The molecule has 0 bridgehead atoms. The third-order valence-corrected chi connectivity index (χ3v) is 2.30. The average Bonchev–Trinajstić information content (AvgIpc) is 2.32. The predicted octanol–water partition coefficient (Wildman–Crippen LogP) is 3.37. The van der Waals surface area contributed by atoms with Crippen LogP contribution in [0, 0.1) is 0 Å². The number of hydrogen-bond donors (Lipinski definition) is 2. The quantitative estimate of drug-likeness (QED) is 0.452. The molecule has 7 heteroatoms. The van der Waals surface area contributed by atoms with E-state index in [-0.39, 0.29) is 35.3 Å². The summed E-state index contributed by atoms with van der Waals surface area (Å²) in [5.41, 5.74) is 0.725. The molecule has 0 aromatic heterocycles. The number of ether oxygens (including phenoxy) is 1. The van der Waals surface area contributed by atoms with Gasteiger partial charge in [0.2, 0.25) is 0 Å². The van der Waals surface area contributed by atoms with E-state index in [1.165, 1.54) is 6.07 Å². The second-order valence-electron chi connectivity index (χ2n) is 5.33. The van der Waals surface area contributed by atoms with Gasteiger partial charge in [0.15, 0.2) is 5.96 Å². The Morgan fingerprint density at radius 2 is 2.00 bits per heavy atom. The van der Waals surface area contributed by atoms with E-state index >= 15 is 0 Å². The van der Waals surface area contributed by atoms with Gasteiger partial charge < -0.3 is 15.4 Å². The second kappa shape index (κ2) is 9.01. The number of halogens is 3. The van der Waals surface area contributed by atoms with Crippen LogP contribution >= 0.6 is 24.0 Å². The Balaban J connectivity index is 0.00000400. The van der Waals surface area contributed by atoms with Crippen molar-refractivity contribution in [1.82, 2.24) is 10.6 Å². The number of hydrogen-bond acceptors (Lipinski definition) is 2. The summed E-state index contributed by atoms with van der Waals surface area (Å²) in [6.45, 7) is 3.73. The van der Waals surface area contributed by atoms with Crippen LogP contribution in [0.1, 0.15) is 26.3 Å². The zero-order valence-corrected chi connectivity index (χ0v) is 14.9. The summed E-state index contributed by atoms with van der Waals surface area (Å²) < 4.78 is 28.6. The van der Waals surface area contributed by atoms with Gasteiger partial charge in [0.25, 0.3) is 0 Å². The maximum Gasteiger partial charge on any atom is 0.387 e. The first kappa shape index (κ1) is 19.9.